The van der Waals surface area contributed by atoms with Gasteiger partial charge in [0.2, 0.25) is 0 Å². The Balaban J connectivity index is 1.09. The van der Waals surface area contributed by atoms with E-state index in [9.17, 15) is 0 Å². The van der Waals surface area contributed by atoms with E-state index in [1.807, 2.05) is 18.2 Å². The van der Waals surface area contributed by atoms with Crippen LogP contribution in [0.15, 0.2) is 212 Å². The molecule has 2 heterocycles. The summed E-state index contributed by atoms with van der Waals surface area (Å²) in [5.74, 6) is 1.95. The van der Waals surface area contributed by atoms with Crippen molar-refractivity contribution in [3.05, 3.63) is 212 Å². The highest BCUT2D eigenvalue weighted by atomic mass is 32.1. The van der Waals surface area contributed by atoms with E-state index in [0.29, 0.717) is 17.5 Å². The monoisotopic (exact) mass is 793 g/mol. The fraction of sp³-hybridized carbons (Fsp3) is 0. The first-order valence-corrected chi connectivity index (χ1v) is 21.4. The highest BCUT2D eigenvalue weighted by Crippen LogP contribution is 2.49. The first-order chi connectivity index (χ1) is 30.3. The number of thiophene rings is 1. The molecule has 0 spiro atoms. The zero-order valence-electron chi connectivity index (χ0n) is 33.0. The molecule has 0 unspecified atom stereocenters. The van der Waals surface area contributed by atoms with E-state index in [1.54, 1.807) is 11.3 Å². The molecule has 0 saturated carbocycles. The maximum Gasteiger partial charge on any atom is 0.165 e. The highest BCUT2D eigenvalue weighted by Gasteiger charge is 2.22. The summed E-state index contributed by atoms with van der Waals surface area (Å²) >= 11 is 1.79. The van der Waals surface area contributed by atoms with Crippen molar-refractivity contribution in [2.24, 2.45) is 0 Å². The third-order valence-corrected chi connectivity index (χ3v) is 13.1. The quantitative estimate of drug-likeness (QED) is 0.157. The normalized spacial score (nSPS) is 11.6. The summed E-state index contributed by atoms with van der Waals surface area (Å²) < 4.78 is 2.42. The molecule has 0 aliphatic carbocycles. The molecule has 0 aliphatic heterocycles. The van der Waals surface area contributed by atoms with Gasteiger partial charge in [0.05, 0.1) is 0 Å². The van der Waals surface area contributed by atoms with E-state index in [-0.39, 0.29) is 0 Å². The van der Waals surface area contributed by atoms with Crippen LogP contribution in [0.1, 0.15) is 0 Å². The molecule has 0 amide bonds. The van der Waals surface area contributed by atoms with Gasteiger partial charge in [0.25, 0.3) is 0 Å². The van der Waals surface area contributed by atoms with Gasteiger partial charge < -0.3 is 0 Å². The van der Waals surface area contributed by atoms with Crippen LogP contribution >= 0.6 is 11.3 Å². The van der Waals surface area contributed by atoms with Crippen LogP contribution in [-0.2, 0) is 0 Å². The average molecular weight is 794 g/mol. The van der Waals surface area contributed by atoms with Gasteiger partial charge in [0, 0.05) is 36.9 Å². The number of rotatable bonds is 6. The van der Waals surface area contributed by atoms with Gasteiger partial charge in [-0.1, -0.05) is 194 Å². The predicted molar refractivity (Wildman–Crippen MR) is 258 cm³/mol. The lowest BCUT2D eigenvalue weighted by molar-refractivity contribution is 1.08. The molecule has 12 aromatic rings. The Morgan fingerprint density at radius 3 is 1.51 bits per heavy atom. The smallest absolute Gasteiger partial charge is 0.165 e. The molecule has 0 saturated heterocycles. The number of fused-ring (bicyclic) bond motifs is 6. The second kappa shape index (κ2) is 14.5. The molecular formula is C57H35N3S. The van der Waals surface area contributed by atoms with E-state index in [0.717, 1.165) is 22.3 Å². The van der Waals surface area contributed by atoms with Gasteiger partial charge in [-0.05, 0) is 83.9 Å². The molecule has 3 nitrogen and oxygen atoms in total. The van der Waals surface area contributed by atoms with Crippen molar-refractivity contribution < 1.29 is 0 Å². The number of aromatic nitrogens is 3. The van der Waals surface area contributed by atoms with Gasteiger partial charge in [-0.3, -0.25) is 0 Å². The van der Waals surface area contributed by atoms with E-state index in [2.05, 4.69) is 194 Å². The molecule has 0 fully saturated rings. The minimum Gasteiger partial charge on any atom is -0.208 e. The van der Waals surface area contributed by atoms with Crippen LogP contribution in [0, 0.1) is 0 Å². The number of hydrogen-bond donors (Lipinski definition) is 0. The van der Waals surface area contributed by atoms with Crippen LogP contribution in [0.3, 0.4) is 0 Å². The summed E-state index contributed by atoms with van der Waals surface area (Å²) in [7, 11) is 0. The minimum absolute atomic E-state index is 0.636. The summed E-state index contributed by atoms with van der Waals surface area (Å²) in [5.41, 5.74) is 10.1. The van der Waals surface area contributed by atoms with Crippen LogP contribution in [0.25, 0.3) is 120 Å². The molecule has 2 aromatic heterocycles. The number of nitrogens with zero attached hydrogens (tertiary/aromatic N) is 3. The average Bonchev–Trinajstić information content (AvgIpc) is 3.72. The van der Waals surface area contributed by atoms with Crippen molar-refractivity contribution in [2.75, 3.05) is 0 Å². The molecule has 0 atom stereocenters. The Labute approximate surface area is 356 Å². The van der Waals surface area contributed by atoms with Gasteiger partial charge in [0.15, 0.2) is 17.5 Å². The summed E-state index contributed by atoms with van der Waals surface area (Å²) in [5, 5.41) is 9.72. The Hall–Kier alpha value is -7.79. The lowest BCUT2D eigenvalue weighted by Gasteiger charge is -2.21. The maximum atomic E-state index is 5.28. The lowest BCUT2D eigenvalue weighted by atomic mass is 9.82. The first kappa shape index (κ1) is 35.2. The molecule has 10 aromatic carbocycles. The standard InChI is InChI=1S/C57H35N3S/c1-3-17-36(18-4-1)42-34-33-37-19-7-8-24-41(37)52(42)53-46-28-11-9-26-44(46)51(45-27-10-12-29-47(45)53)39-22-15-23-40(35-39)56-58-55(38-20-5-2-6-21-38)59-57(60-56)49-31-16-30-48-43-25-13-14-32-50(43)61-54(48)49/h1-35H. The second-order valence-electron chi connectivity index (χ2n) is 15.4. The molecule has 61 heavy (non-hydrogen) atoms. The van der Waals surface area contributed by atoms with Crippen molar-refractivity contribution in [1.82, 2.24) is 15.0 Å². The molecule has 0 aliphatic rings. The van der Waals surface area contributed by atoms with Crippen LogP contribution in [0.5, 0.6) is 0 Å². The van der Waals surface area contributed by atoms with Crippen molar-refractivity contribution in [3.63, 3.8) is 0 Å². The van der Waals surface area contributed by atoms with E-state index >= 15 is 0 Å². The number of benzene rings is 10. The maximum absolute atomic E-state index is 5.28. The van der Waals surface area contributed by atoms with Crippen LogP contribution < -0.4 is 0 Å². The van der Waals surface area contributed by atoms with Gasteiger partial charge in [-0.25, -0.2) is 15.0 Å². The molecule has 12 rings (SSSR count). The third-order valence-electron chi connectivity index (χ3n) is 11.9. The van der Waals surface area contributed by atoms with Crippen molar-refractivity contribution >= 4 is 63.8 Å². The Morgan fingerprint density at radius 1 is 0.279 bits per heavy atom. The van der Waals surface area contributed by atoms with Gasteiger partial charge in [0.1, 0.15) is 0 Å². The fourth-order valence-electron chi connectivity index (χ4n) is 9.19. The first-order valence-electron chi connectivity index (χ1n) is 20.6. The summed E-state index contributed by atoms with van der Waals surface area (Å²) in [6.07, 6.45) is 0. The van der Waals surface area contributed by atoms with Crippen molar-refractivity contribution in [2.45, 2.75) is 0 Å². The zero-order chi connectivity index (χ0) is 40.3. The van der Waals surface area contributed by atoms with Gasteiger partial charge in [-0.15, -0.1) is 11.3 Å². The molecule has 0 N–H and O–H groups in total. The van der Waals surface area contributed by atoms with E-state index < -0.39 is 0 Å². The van der Waals surface area contributed by atoms with Crippen molar-refractivity contribution in [3.8, 4) is 67.5 Å². The largest absolute Gasteiger partial charge is 0.208 e. The summed E-state index contributed by atoms with van der Waals surface area (Å²) in [6.45, 7) is 0. The van der Waals surface area contributed by atoms with E-state index in [4.69, 9.17) is 15.0 Å². The molecule has 0 radical (unpaired) electrons. The van der Waals surface area contributed by atoms with E-state index in [1.165, 1.54) is 80.3 Å². The Morgan fingerprint density at radius 2 is 0.787 bits per heavy atom. The lowest BCUT2D eigenvalue weighted by Crippen LogP contribution is -2.00. The van der Waals surface area contributed by atoms with Crippen LogP contribution in [0.4, 0.5) is 0 Å². The zero-order valence-corrected chi connectivity index (χ0v) is 33.8. The van der Waals surface area contributed by atoms with Crippen LogP contribution in [0.2, 0.25) is 0 Å². The molecule has 284 valence electrons. The summed E-state index contributed by atoms with van der Waals surface area (Å²) in [6, 6.07) is 75.9. The van der Waals surface area contributed by atoms with Gasteiger partial charge in [-0.2, -0.15) is 0 Å². The SMILES string of the molecule is c1ccc(-c2nc(-c3cccc(-c4c5ccccc5c(-c5c(-c6ccccc6)ccc6ccccc56)c5ccccc45)c3)nc(-c3cccc4c3sc3ccccc34)n2)cc1. The minimum atomic E-state index is 0.636. The summed E-state index contributed by atoms with van der Waals surface area (Å²) in [4.78, 5) is 15.6. The third kappa shape index (κ3) is 5.91. The molecular weight excluding hydrogens is 759 g/mol. The molecule has 0 bridgehead atoms. The topological polar surface area (TPSA) is 38.7 Å². The Bertz CT molecular complexity index is 3590. The van der Waals surface area contributed by atoms with Gasteiger partial charge >= 0.3 is 0 Å². The molecule has 4 heteroatoms. The van der Waals surface area contributed by atoms with Crippen LogP contribution in [-0.4, -0.2) is 15.0 Å². The fourth-order valence-corrected chi connectivity index (χ4v) is 10.4. The Kier molecular flexibility index (Phi) is 8.36. The second-order valence-corrected chi connectivity index (χ2v) is 16.5. The predicted octanol–water partition coefficient (Wildman–Crippen LogP) is 15.7. The van der Waals surface area contributed by atoms with Crippen molar-refractivity contribution in [1.29, 1.82) is 0 Å². The number of hydrogen-bond acceptors (Lipinski definition) is 4. The highest BCUT2D eigenvalue weighted by molar-refractivity contribution is 7.26.